The van der Waals surface area contributed by atoms with Crippen LogP contribution in [-0.4, -0.2) is 76.1 Å². The number of nitrogens with one attached hydrogen (secondary N) is 4. The summed E-state index contributed by atoms with van der Waals surface area (Å²) in [6.45, 7) is 15.3. The minimum Gasteiger partial charge on any atom is -0.487 e. The van der Waals surface area contributed by atoms with Crippen molar-refractivity contribution in [2.45, 2.75) is 103 Å². The van der Waals surface area contributed by atoms with E-state index in [1.165, 1.54) is 0 Å². The minimum absolute atomic E-state index is 0.112. The van der Waals surface area contributed by atoms with Crippen LogP contribution in [-0.2, 0) is 35.6 Å². The van der Waals surface area contributed by atoms with Gasteiger partial charge in [0.2, 0.25) is 17.8 Å². The SMILES string of the molecule is CNCCNC(=O)[C@@H](CCCN/C(N)=N\S(=O)(=O)c1c(C)c(C)c2c(c1C)CC(C)(C)O2)NC(=O)CC(=O)OC(C)(C)C. The van der Waals surface area contributed by atoms with Crippen LogP contribution in [0.25, 0.3) is 0 Å². The fourth-order valence-corrected chi connectivity index (χ4v) is 6.28. The Morgan fingerprint density at radius 2 is 1.70 bits per heavy atom. The highest BCUT2D eigenvalue weighted by Crippen LogP contribution is 2.44. The molecule has 0 fully saturated rings. The van der Waals surface area contributed by atoms with Gasteiger partial charge in [0.05, 0.1) is 4.90 Å². The van der Waals surface area contributed by atoms with E-state index in [0.717, 1.165) is 16.9 Å². The van der Waals surface area contributed by atoms with Crippen molar-refractivity contribution in [2.75, 3.05) is 26.7 Å². The zero-order chi connectivity index (χ0) is 32.8. The molecular formula is C29H48N6O7S. The number of carbonyl (C=O) groups excluding carboxylic acids is 3. The van der Waals surface area contributed by atoms with Gasteiger partial charge in [-0.1, -0.05) is 0 Å². The van der Waals surface area contributed by atoms with Crippen molar-refractivity contribution in [1.82, 2.24) is 21.3 Å². The number of likely N-dealkylation sites (N-methyl/N-ethyl adjacent to an activating group) is 1. The van der Waals surface area contributed by atoms with Crippen LogP contribution in [0.1, 0.15) is 76.1 Å². The summed E-state index contributed by atoms with van der Waals surface area (Å²) in [5.41, 5.74) is 7.52. The Hall–Kier alpha value is -3.39. The van der Waals surface area contributed by atoms with Gasteiger partial charge in [0, 0.05) is 31.6 Å². The van der Waals surface area contributed by atoms with Gasteiger partial charge in [0.1, 0.15) is 29.4 Å². The number of nitrogens with two attached hydrogens (primary N) is 1. The number of amides is 2. The number of nitrogens with zero attached hydrogens (tertiary/aromatic N) is 1. The molecule has 13 nitrogen and oxygen atoms in total. The van der Waals surface area contributed by atoms with Crippen LogP contribution in [0.4, 0.5) is 0 Å². The molecule has 242 valence electrons. The molecule has 0 bridgehead atoms. The first-order valence-electron chi connectivity index (χ1n) is 14.4. The van der Waals surface area contributed by atoms with Crippen molar-refractivity contribution >= 4 is 33.8 Å². The Labute approximate surface area is 255 Å². The van der Waals surface area contributed by atoms with Crippen molar-refractivity contribution < 1.29 is 32.3 Å². The van der Waals surface area contributed by atoms with Crippen molar-refractivity contribution in [1.29, 1.82) is 0 Å². The average Bonchev–Trinajstić information content (AvgIpc) is 3.18. The lowest BCUT2D eigenvalue weighted by Gasteiger charge is -2.21. The third-order valence-electron chi connectivity index (χ3n) is 6.79. The molecule has 1 aliphatic rings. The zero-order valence-corrected chi connectivity index (χ0v) is 27.6. The van der Waals surface area contributed by atoms with Crippen molar-refractivity contribution in [3.05, 3.63) is 22.3 Å². The van der Waals surface area contributed by atoms with E-state index < -0.39 is 51.5 Å². The van der Waals surface area contributed by atoms with Gasteiger partial charge in [0.15, 0.2) is 0 Å². The van der Waals surface area contributed by atoms with Crippen molar-refractivity contribution in [2.24, 2.45) is 10.1 Å². The number of ether oxygens (including phenoxy) is 2. The normalized spacial score (nSPS) is 15.2. The molecule has 1 heterocycles. The molecular weight excluding hydrogens is 576 g/mol. The molecule has 0 spiro atoms. The monoisotopic (exact) mass is 624 g/mol. The van der Waals surface area contributed by atoms with Crippen LogP contribution in [0.5, 0.6) is 5.75 Å². The van der Waals surface area contributed by atoms with Crippen LogP contribution >= 0.6 is 0 Å². The molecule has 6 N–H and O–H groups in total. The first-order valence-corrected chi connectivity index (χ1v) is 15.8. The largest absolute Gasteiger partial charge is 0.487 e. The second-order valence-corrected chi connectivity index (χ2v) is 13.9. The maximum atomic E-state index is 13.4. The lowest BCUT2D eigenvalue weighted by molar-refractivity contribution is -0.156. The maximum Gasteiger partial charge on any atom is 0.315 e. The van der Waals surface area contributed by atoms with E-state index in [-0.39, 0.29) is 23.8 Å². The predicted molar refractivity (Wildman–Crippen MR) is 164 cm³/mol. The third-order valence-corrected chi connectivity index (χ3v) is 8.36. The zero-order valence-electron chi connectivity index (χ0n) is 26.8. The van der Waals surface area contributed by atoms with E-state index in [1.807, 2.05) is 20.8 Å². The Morgan fingerprint density at radius 3 is 2.30 bits per heavy atom. The summed E-state index contributed by atoms with van der Waals surface area (Å²) >= 11 is 0. The van der Waals surface area contributed by atoms with E-state index in [9.17, 15) is 22.8 Å². The Kier molecular flexibility index (Phi) is 12.0. The standard InChI is InChI=1S/C29H48N6O7S/c1-17-18(2)25(19(3)20-16-29(7,8)42-24(17)20)43(39,40)35-27(30)33-12-10-11-21(26(38)32-14-13-31-9)34-22(36)15-23(37)41-28(4,5)6/h21,31H,10-16H2,1-9H3,(H,32,38)(H,34,36)(H3,30,33,35)/t21-/m1/s1. The smallest absolute Gasteiger partial charge is 0.315 e. The van der Waals surface area contributed by atoms with Crippen molar-refractivity contribution in [3.63, 3.8) is 0 Å². The molecule has 43 heavy (non-hydrogen) atoms. The Balaban J connectivity index is 2.08. The number of guanidine groups is 1. The van der Waals surface area contributed by atoms with E-state index in [0.29, 0.717) is 37.1 Å². The van der Waals surface area contributed by atoms with Gasteiger partial charge in [0.25, 0.3) is 10.0 Å². The second kappa shape index (κ2) is 14.4. The molecule has 0 saturated heterocycles. The summed E-state index contributed by atoms with van der Waals surface area (Å²) in [6.07, 6.45) is 0.567. The summed E-state index contributed by atoms with van der Waals surface area (Å²) in [7, 11) is -2.41. The van der Waals surface area contributed by atoms with Crippen LogP contribution in [0.2, 0.25) is 0 Å². The molecule has 1 atom stereocenters. The topological polar surface area (TPSA) is 190 Å². The fraction of sp³-hybridized carbons (Fsp3) is 0.655. The minimum atomic E-state index is -4.15. The van der Waals surface area contributed by atoms with E-state index in [1.54, 1.807) is 41.7 Å². The Morgan fingerprint density at radius 1 is 1.05 bits per heavy atom. The summed E-state index contributed by atoms with van der Waals surface area (Å²) < 4.78 is 41.8. The first kappa shape index (κ1) is 35.8. The number of esters is 1. The summed E-state index contributed by atoms with van der Waals surface area (Å²) in [5.74, 6) is -1.34. The highest BCUT2D eigenvalue weighted by atomic mass is 32.2. The Bertz CT molecular complexity index is 1350. The number of hydrogen-bond acceptors (Lipinski definition) is 8. The molecule has 2 amide bonds. The molecule has 0 radical (unpaired) electrons. The number of benzene rings is 1. The van der Waals surface area contributed by atoms with Gasteiger partial charge in [-0.15, -0.1) is 4.40 Å². The number of fused-ring (bicyclic) bond motifs is 1. The third kappa shape index (κ3) is 10.4. The number of carbonyl (C=O) groups is 3. The van der Waals surface area contributed by atoms with Gasteiger partial charge in [-0.25, -0.2) is 0 Å². The molecule has 1 aliphatic heterocycles. The van der Waals surface area contributed by atoms with Crippen LogP contribution < -0.4 is 31.7 Å². The molecule has 0 saturated carbocycles. The van der Waals surface area contributed by atoms with Gasteiger partial charge >= 0.3 is 5.97 Å². The molecule has 0 aliphatic carbocycles. The highest BCUT2D eigenvalue weighted by Gasteiger charge is 2.36. The average molecular weight is 625 g/mol. The van der Waals surface area contributed by atoms with Crippen molar-refractivity contribution in [3.8, 4) is 5.75 Å². The number of sulfonamides is 1. The van der Waals surface area contributed by atoms with Crippen LogP contribution in [0.3, 0.4) is 0 Å². The second-order valence-electron chi connectivity index (χ2n) is 12.3. The van der Waals surface area contributed by atoms with Gasteiger partial charge < -0.3 is 36.5 Å². The van der Waals surface area contributed by atoms with Gasteiger partial charge in [-0.05, 0) is 92.0 Å². The van der Waals surface area contributed by atoms with Gasteiger partial charge in [-0.3, -0.25) is 14.4 Å². The predicted octanol–water partition coefficient (Wildman–Crippen LogP) is 1.25. The first-order chi connectivity index (χ1) is 19.8. The molecule has 14 heteroatoms. The molecule has 0 unspecified atom stereocenters. The van der Waals surface area contributed by atoms with Gasteiger partial charge in [-0.2, -0.15) is 8.42 Å². The molecule has 0 aromatic heterocycles. The molecule has 1 aromatic rings. The molecule has 1 aromatic carbocycles. The van der Waals surface area contributed by atoms with E-state index in [4.69, 9.17) is 15.2 Å². The van der Waals surface area contributed by atoms with Crippen LogP contribution in [0, 0.1) is 20.8 Å². The number of hydrogen-bond donors (Lipinski definition) is 5. The quantitative estimate of drug-likeness (QED) is 0.0702. The summed E-state index contributed by atoms with van der Waals surface area (Å²) in [5, 5.41) is 11.0. The molecule has 2 rings (SSSR count). The highest BCUT2D eigenvalue weighted by molar-refractivity contribution is 7.90. The van der Waals surface area contributed by atoms with E-state index >= 15 is 0 Å². The van der Waals surface area contributed by atoms with E-state index in [2.05, 4.69) is 25.7 Å². The summed E-state index contributed by atoms with van der Waals surface area (Å²) in [6, 6.07) is -0.929. The maximum absolute atomic E-state index is 13.4. The fourth-order valence-electron chi connectivity index (χ4n) is 4.82. The van der Waals surface area contributed by atoms with Crippen LogP contribution in [0.15, 0.2) is 9.29 Å². The lowest BCUT2D eigenvalue weighted by Crippen LogP contribution is -2.48. The number of rotatable bonds is 13. The summed E-state index contributed by atoms with van der Waals surface area (Å²) in [4.78, 5) is 37.3. The lowest BCUT2D eigenvalue weighted by atomic mass is 9.94.